The molecule has 1 fully saturated rings. The summed E-state index contributed by atoms with van der Waals surface area (Å²) in [5.41, 5.74) is -3.65. The van der Waals surface area contributed by atoms with Gasteiger partial charge in [0.15, 0.2) is 0 Å². The van der Waals surface area contributed by atoms with Crippen molar-refractivity contribution in [2.75, 3.05) is 6.61 Å². The van der Waals surface area contributed by atoms with Crippen molar-refractivity contribution in [3.63, 3.8) is 0 Å². The minimum Gasteiger partial charge on any atom is -0.461 e. The third kappa shape index (κ3) is 4.54. The highest BCUT2D eigenvalue weighted by Gasteiger charge is 2.55. The lowest BCUT2D eigenvalue weighted by atomic mass is 9.70. The van der Waals surface area contributed by atoms with Crippen molar-refractivity contribution in [1.29, 1.82) is 0 Å². The lowest BCUT2D eigenvalue weighted by Gasteiger charge is -2.32. The van der Waals surface area contributed by atoms with Crippen LogP contribution in [0.5, 0.6) is 0 Å². The second kappa shape index (κ2) is 7.96. The Kier molecular flexibility index (Phi) is 6.46. The fourth-order valence-corrected chi connectivity index (χ4v) is 2.87. The third-order valence-corrected chi connectivity index (χ3v) is 5.42. The molecular weight excluding hydrogens is 410 g/mol. The second-order valence-corrected chi connectivity index (χ2v) is 8.00. The van der Waals surface area contributed by atoms with E-state index in [1.807, 2.05) is 0 Å². The molecule has 0 atom stereocenters. The molecule has 2 rings (SSSR count). The predicted octanol–water partition coefficient (Wildman–Crippen LogP) is 5.31. The molecular formula is C20H24BF5O4. The van der Waals surface area contributed by atoms with Crippen LogP contribution < -0.4 is 0 Å². The van der Waals surface area contributed by atoms with E-state index in [4.69, 9.17) is 9.31 Å². The molecule has 1 aliphatic heterocycles. The Morgan fingerprint density at radius 1 is 1.00 bits per heavy atom. The Hall–Kier alpha value is -1.94. The van der Waals surface area contributed by atoms with Crippen LogP contribution in [0.3, 0.4) is 0 Å². The number of esters is 1. The average Bonchev–Trinajstić information content (AvgIpc) is 2.82. The molecule has 1 aromatic carbocycles. The minimum atomic E-state index is -4.59. The number of carbonyl (C=O) groups is 1. The zero-order chi connectivity index (χ0) is 23.1. The van der Waals surface area contributed by atoms with Crippen molar-refractivity contribution < 1.29 is 40.8 Å². The number of halogens is 5. The summed E-state index contributed by atoms with van der Waals surface area (Å²) < 4.78 is 84.6. The molecule has 0 radical (unpaired) electrons. The quantitative estimate of drug-likeness (QED) is 0.358. The van der Waals surface area contributed by atoms with Crippen molar-refractivity contribution >= 4 is 18.6 Å². The van der Waals surface area contributed by atoms with Gasteiger partial charge in [-0.15, -0.1) is 0 Å². The maximum absolute atomic E-state index is 14.8. The van der Waals surface area contributed by atoms with Crippen molar-refractivity contribution in [1.82, 2.24) is 0 Å². The number of ether oxygens (including phenoxy) is 1. The molecule has 0 saturated carbocycles. The summed E-state index contributed by atoms with van der Waals surface area (Å²) in [7, 11) is -1.33. The maximum Gasteiger partial charge on any atom is 0.495 e. The van der Waals surface area contributed by atoms with E-state index in [0.29, 0.717) is 0 Å². The molecule has 30 heavy (non-hydrogen) atoms. The monoisotopic (exact) mass is 434 g/mol. The molecule has 0 unspecified atom stereocenters. The lowest BCUT2D eigenvalue weighted by molar-refractivity contribution is -0.165. The molecule has 0 N–H and O–H groups in total. The van der Waals surface area contributed by atoms with Crippen LogP contribution in [0.2, 0.25) is 0 Å². The smallest absolute Gasteiger partial charge is 0.461 e. The van der Waals surface area contributed by atoms with Gasteiger partial charge >= 0.3 is 25.2 Å². The molecule has 1 heterocycles. The van der Waals surface area contributed by atoms with E-state index in [0.717, 1.165) is 31.2 Å². The summed E-state index contributed by atoms with van der Waals surface area (Å²) in [6, 6.07) is 3.65. The van der Waals surface area contributed by atoms with E-state index in [-0.39, 0.29) is 17.6 Å². The van der Waals surface area contributed by atoms with Crippen LogP contribution in [0.4, 0.5) is 22.0 Å². The van der Waals surface area contributed by atoms with Crippen LogP contribution >= 0.6 is 0 Å². The molecule has 1 aliphatic rings. The van der Waals surface area contributed by atoms with Gasteiger partial charge < -0.3 is 14.0 Å². The highest BCUT2D eigenvalue weighted by Crippen LogP contribution is 2.44. The van der Waals surface area contributed by atoms with Crippen LogP contribution in [0.25, 0.3) is 5.47 Å². The molecule has 0 aromatic heterocycles. The van der Waals surface area contributed by atoms with Gasteiger partial charge in [-0.25, -0.2) is 4.79 Å². The maximum atomic E-state index is 14.8. The highest BCUT2D eigenvalue weighted by atomic mass is 19.4. The lowest BCUT2D eigenvalue weighted by Crippen LogP contribution is -2.41. The zero-order valence-electron chi connectivity index (χ0n) is 17.6. The number of rotatable bonds is 5. The first kappa shape index (κ1) is 24.3. The van der Waals surface area contributed by atoms with Crippen molar-refractivity contribution in [2.24, 2.45) is 0 Å². The number of benzene rings is 1. The standard InChI is InChI=1S/C20H24BF5O4/c1-7-28-16(27)19(22,23)12(2)15(21-29-17(3,4)18(5,6)30-21)13-8-10-14(11-9-13)20(24,25)26/h8-11H,7H2,1-6H3/b15-12+. The summed E-state index contributed by atoms with van der Waals surface area (Å²) in [6.07, 6.45) is -4.59. The Bertz CT molecular complexity index is 813. The predicted molar refractivity (Wildman–Crippen MR) is 102 cm³/mol. The van der Waals surface area contributed by atoms with E-state index in [2.05, 4.69) is 4.74 Å². The molecule has 0 spiro atoms. The normalized spacial score (nSPS) is 19.5. The first-order chi connectivity index (χ1) is 13.5. The van der Waals surface area contributed by atoms with Crippen LogP contribution in [0.15, 0.2) is 29.8 Å². The van der Waals surface area contributed by atoms with Crippen molar-refractivity contribution in [2.45, 2.75) is 64.8 Å². The first-order valence-corrected chi connectivity index (χ1v) is 9.34. The van der Waals surface area contributed by atoms with Gasteiger partial charge in [-0.1, -0.05) is 12.1 Å². The van der Waals surface area contributed by atoms with Gasteiger partial charge in [0.25, 0.3) is 0 Å². The summed E-state index contributed by atoms with van der Waals surface area (Å²) in [5.74, 6) is -5.79. The van der Waals surface area contributed by atoms with E-state index >= 15 is 0 Å². The number of carbonyl (C=O) groups excluding carboxylic acids is 1. The molecule has 1 aromatic rings. The van der Waals surface area contributed by atoms with Gasteiger partial charge in [-0.2, -0.15) is 22.0 Å². The summed E-state index contributed by atoms with van der Waals surface area (Å²) in [5, 5.41) is 0. The zero-order valence-corrected chi connectivity index (χ0v) is 17.6. The van der Waals surface area contributed by atoms with Crippen molar-refractivity contribution in [3.8, 4) is 0 Å². The average molecular weight is 434 g/mol. The SMILES string of the molecule is CCOC(=O)C(F)(F)/C(C)=C(/B1OC(C)(C)C(C)(C)O1)c1ccc(C(F)(F)F)cc1. The van der Waals surface area contributed by atoms with Crippen molar-refractivity contribution in [3.05, 3.63) is 41.0 Å². The molecule has 166 valence electrons. The topological polar surface area (TPSA) is 44.8 Å². The molecule has 0 amide bonds. The molecule has 0 aliphatic carbocycles. The van der Waals surface area contributed by atoms with E-state index in [9.17, 15) is 26.7 Å². The molecule has 4 nitrogen and oxygen atoms in total. The minimum absolute atomic E-state index is 0.0166. The van der Waals surface area contributed by atoms with Gasteiger partial charge in [-0.3, -0.25) is 0 Å². The van der Waals surface area contributed by atoms with Gasteiger partial charge in [-0.05, 0) is 64.7 Å². The second-order valence-electron chi connectivity index (χ2n) is 8.00. The number of alkyl halides is 5. The van der Waals surface area contributed by atoms with E-state index < -0.39 is 47.5 Å². The summed E-state index contributed by atoms with van der Waals surface area (Å²) in [4.78, 5) is 11.9. The first-order valence-electron chi connectivity index (χ1n) is 9.34. The molecule has 10 heteroatoms. The molecule has 1 saturated heterocycles. The Balaban J connectivity index is 2.63. The van der Waals surface area contributed by atoms with Gasteiger partial charge in [0.05, 0.1) is 23.4 Å². The third-order valence-electron chi connectivity index (χ3n) is 5.42. The summed E-state index contributed by atoms with van der Waals surface area (Å²) in [6.45, 7) is 8.96. The Morgan fingerprint density at radius 3 is 1.87 bits per heavy atom. The Morgan fingerprint density at radius 2 is 1.47 bits per heavy atom. The summed E-state index contributed by atoms with van der Waals surface area (Å²) >= 11 is 0. The fraction of sp³-hybridized carbons (Fsp3) is 0.550. The number of hydrogen-bond donors (Lipinski definition) is 0. The van der Waals surface area contributed by atoms with Crippen LogP contribution in [-0.2, 0) is 25.0 Å². The van der Waals surface area contributed by atoms with Crippen LogP contribution in [0.1, 0.15) is 52.7 Å². The highest BCUT2D eigenvalue weighted by molar-refractivity contribution is 6.69. The molecule has 0 bridgehead atoms. The Labute approximate surface area is 172 Å². The van der Waals surface area contributed by atoms with E-state index in [1.54, 1.807) is 27.7 Å². The van der Waals surface area contributed by atoms with Crippen LogP contribution in [0, 0.1) is 0 Å². The largest absolute Gasteiger partial charge is 0.495 e. The van der Waals surface area contributed by atoms with Gasteiger partial charge in [0.1, 0.15) is 0 Å². The van der Waals surface area contributed by atoms with Gasteiger partial charge in [0.2, 0.25) is 0 Å². The number of hydrogen-bond acceptors (Lipinski definition) is 4. The van der Waals surface area contributed by atoms with Crippen LogP contribution in [-0.4, -0.2) is 36.8 Å². The van der Waals surface area contributed by atoms with Gasteiger partial charge in [0, 0.05) is 5.57 Å². The fourth-order valence-electron chi connectivity index (χ4n) is 2.87. The van der Waals surface area contributed by atoms with E-state index in [1.165, 1.54) is 6.92 Å².